The number of pyridine rings is 1. The fourth-order valence-electron chi connectivity index (χ4n) is 2.10. The van der Waals surface area contributed by atoms with Crippen molar-refractivity contribution in [3.63, 3.8) is 0 Å². The van der Waals surface area contributed by atoms with Gasteiger partial charge in [0.25, 0.3) is 5.91 Å². The number of carbonyl (C=O) groups is 1. The van der Waals surface area contributed by atoms with Crippen molar-refractivity contribution in [3.05, 3.63) is 53.3 Å². The Balaban J connectivity index is 2.04. The van der Waals surface area contributed by atoms with Gasteiger partial charge in [0.1, 0.15) is 5.69 Å². The lowest BCUT2D eigenvalue weighted by Gasteiger charge is -2.11. The molecule has 0 atom stereocenters. The maximum absolute atomic E-state index is 11.9. The number of hydrogen-bond acceptors (Lipinski definition) is 3. The Morgan fingerprint density at radius 2 is 1.95 bits per heavy atom. The molecule has 116 valence electrons. The summed E-state index contributed by atoms with van der Waals surface area (Å²) >= 11 is 0. The highest BCUT2D eigenvalue weighted by Gasteiger charge is 2.07. The molecule has 0 spiro atoms. The normalized spacial score (nSPS) is 10.6. The molecule has 0 aliphatic heterocycles. The highest BCUT2D eigenvalue weighted by Crippen LogP contribution is 2.21. The van der Waals surface area contributed by atoms with Gasteiger partial charge in [0.2, 0.25) is 0 Å². The van der Waals surface area contributed by atoms with Gasteiger partial charge in [0, 0.05) is 12.2 Å². The van der Waals surface area contributed by atoms with Gasteiger partial charge in [-0.2, -0.15) is 0 Å². The number of carbonyl (C=O) groups excluding carboxylic acids is 1. The van der Waals surface area contributed by atoms with E-state index in [4.69, 9.17) is 0 Å². The Labute approximate surface area is 132 Å². The van der Waals surface area contributed by atoms with Gasteiger partial charge in [-0.25, -0.2) is 4.98 Å². The van der Waals surface area contributed by atoms with Crippen molar-refractivity contribution in [2.45, 2.75) is 27.7 Å². The summed E-state index contributed by atoms with van der Waals surface area (Å²) in [5.74, 6) is 0.293. The van der Waals surface area contributed by atoms with Crippen molar-refractivity contribution >= 4 is 17.3 Å². The molecule has 4 nitrogen and oxygen atoms in total. The van der Waals surface area contributed by atoms with Crippen LogP contribution in [0.2, 0.25) is 0 Å². The number of amides is 1. The minimum Gasteiger partial charge on any atom is -0.354 e. The van der Waals surface area contributed by atoms with Crippen LogP contribution in [0.5, 0.6) is 0 Å². The lowest BCUT2D eigenvalue weighted by molar-refractivity contribution is 0.0944. The van der Waals surface area contributed by atoms with Crippen LogP contribution < -0.4 is 10.6 Å². The van der Waals surface area contributed by atoms with E-state index in [1.165, 1.54) is 11.1 Å². The summed E-state index contributed by atoms with van der Waals surface area (Å²) in [5.41, 5.74) is 4.76. The molecule has 1 aromatic heterocycles. The van der Waals surface area contributed by atoms with Crippen molar-refractivity contribution in [2.75, 3.05) is 11.9 Å². The number of nitrogens with zero attached hydrogens (tertiary/aromatic N) is 1. The van der Waals surface area contributed by atoms with E-state index in [1.54, 1.807) is 12.3 Å². The molecule has 0 saturated heterocycles. The molecule has 1 heterocycles. The maximum Gasteiger partial charge on any atom is 0.269 e. The van der Waals surface area contributed by atoms with E-state index in [2.05, 4.69) is 55.4 Å². The Hall–Kier alpha value is -2.36. The standard InChI is InChI=1S/C18H23N3O/c1-12(2)10-20-18(22)17-8-6-15(11-19-17)21-16-7-5-13(3)9-14(16)4/h5-9,11-12,21H,10H2,1-4H3,(H,20,22). The second kappa shape index (κ2) is 7.07. The predicted molar refractivity (Wildman–Crippen MR) is 90.6 cm³/mol. The summed E-state index contributed by atoms with van der Waals surface area (Å²) in [6.07, 6.45) is 1.68. The molecule has 0 aliphatic carbocycles. The van der Waals surface area contributed by atoms with Crippen molar-refractivity contribution in [3.8, 4) is 0 Å². The van der Waals surface area contributed by atoms with Gasteiger partial charge in [-0.3, -0.25) is 4.79 Å². The third-order valence-electron chi connectivity index (χ3n) is 3.33. The average Bonchev–Trinajstić information content (AvgIpc) is 2.48. The van der Waals surface area contributed by atoms with Gasteiger partial charge in [0.05, 0.1) is 11.9 Å². The number of nitrogens with one attached hydrogen (secondary N) is 2. The third-order valence-corrected chi connectivity index (χ3v) is 3.33. The van der Waals surface area contributed by atoms with Crippen molar-refractivity contribution < 1.29 is 4.79 Å². The van der Waals surface area contributed by atoms with E-state index in [0.717, 1.165) is 11.4 Å². The largest absolute Gasteiger partial charge is 0.354 e. The lowest BCUT2D eigenvalue weighted by Crippen LogP contribution is -2.27. The van der Waals surface area contributed by atoms with E-state index in [1.807, 2.05) is 12.1 Å². The van der Waals surface area contributed by atoms with E-state index in [-0.39, 0.29) is 5.91 Å². The summed E-state index contributed by atoms with van der Waals surface area (Å²) in [4.78, 5) is 16.1. The summed E-state index contributed by atoms with van der Waals surface area (Å²) in [5, 5.41) is 6.18. The molecule has 0 fully saturated rings. The first-order chi connectivity index (χ1) is 10.5. The molecule has 0 bridgehead atoms. The van der Waals surface area contributed by atoms with Crippen LogP contribution in [0.1, 0.15) is 35.5 Å². The van der Waals surface area contributed by atoms with E-state index in [0.29, 0.717) is 18.2 Å². The minimum atomic E-state index is -0.133. The smallest absolute Gasteiger partial charge is 0.269 e. The number of rotatable bonds is 5. The number of aryl methyl sites for hydroxylation is 2. The Morgan fingerprint density at radius 1 is 1.18 bits per heavy atom. The van der Waals surface area contributed by atoms with Gasteiger partial charge in [-0.15, -0.1) is 0 Å². The fraction of sp³-hybridized carbons (Fsp3) is 0.333. The zero-order valence-corrected chi connectivity index (χ0v) is 13.6. The van der Waals surface area contributed by atoms with Crippen LogP contribution in [0.15, 0.2) is 36.5 Å². The van der Waals surface area contributed by atoms with Crippen LogP contribution in [0.4, 0.5) is 11.4 Å². The Bertz CT molecular complexity index is 648. The van der Waals surface area contributed by atoms with Crippen LogP contribution >= 0.6 is 0 Å². The highest BCUT2D eigenvalue weighted by molar-refractivity contribution is 5.92. The van der Waals surface area contributed by atoms with Crippen molar-refractivity contribution in [1.29, 1.82) is 0 Å². The van der Waals surface area contributed by atoms with Crippen molar-refractivity contribution in [1.82, 2.24) is 10.3 Å². The average molecular weight is 297 g/mol. The Kier molecular flexibility index (Phi) is 5.15. The van der Waals surface area contributed by atoms with Crippen molar-refractivity contribution in [2.24, 2.45) is 5.92 Å². The topological polar surface area (TPSA) is 54.0 Å². The van der Waals surface area contributed by atoms with Crippen LogP contribution in [0.25, 0.3) is 0 Å². The lowest BCUT2D eigenvalue weighted by atomic mass is 10.1. The van der Waals surface area contributed by atoms with Gasteiger partial charge in [0.15, 0.2) is 0 Å². The van der Waals surface area contributed by atoms with E-state index >= 15 is 0 Å². The van der Waals surface area contributed by atoms with Gasteiger partial charge in [-0.1, -0.05) is 31.5 Å². The SMILES string of the molecule is Cc1ccc(Nc2ccc(C(=O)NCC(C)C)nc2)c(C)c1. The molecule has 1 amide bonds. The first kappa shape index (κ1) is 16.0. The van der Waals surface area contributed by atoms with Gasteiger partial charge in [-0.05, 0) is 43.5 Å². The molecule has 0 saturated carbocycles. The van der Waals surface area contributed by atoms with Crippen LogP contribution in [-0.4, -0.2) is 17.4 Å². The summed E-state index contributed by atoms with van der Waals surface area (Å²) in [6.45, 7) is 8.91. The van der Waals surface area contributed by atoms with E-state index in [9.17, 15) is 4.79 Å². The zero-order chi connectivity index (χ0) is 16.1. The molecular weight excluding hydrogens is 274 g/mol. The second-order valence-electron chi connectivity index (χ2n) is 5.98. The van der Waals surface area contributed by atoms with Gasteiger partial charge >= 0.3 is 0 Å². The summed E-state index contributed by atoms with van der Waals surface area (Å²) < 4.78 is 0. The molecule has 0 unspecified atom stereocenters. The quantitative estimate of drug-likeness (QED) is 0.882. The molecule has 0 aliphatic rings. The number of hydrogen-bond donors (Lipinski definition) is 2. The molecule has 4 heteroatoms. The van der Waals surface area contributed by atoms with Crippen LogP contribution in [0, 0.1) is 19.8 Å². The molecule has 0 radical (unpaired) electrons. The molecule has 22 heavy (non-hydrogen) atoms. The predicted octanol–water partition coefficient (Wildman–Crippen LogP) is 3.83. The monoisotopic (exact) mass is 297 g/mol. The third kappa shape index (κ3) is 4.32. The van der Waals surface area contributed by atoms with E-state index < -0.39 is 0 Å². The second-order valence-corrected chi connectivity index (χ2v) is 5.98. The van der Waals surface area contributed by atoms with Crippen LogP contribution in [-0.2, 0) is 0 Å². The maximum atomic E-state index is 11.9. The first-order valence-corrected chi connectivity index (χ1v) is 7.54. The zero-order valence-electron chi connectivity index (χ0n) is 13.6. The number of aromatic nitrogens is 1. The molecule has 2 rings (SSSR count). The highest BCUT2D eigenvalue weighted by atomic mass is 16.1. The minimum absolute atomic E-state index is 0.133. The molecule has 2 N–H and O–H groups in total. The van der Waals surface area contributed by atoms with Crippen LogP contribution in [0.3, 0.4) is 0 Å². The number of anilines is 2. The Morgan fingerprint density at radius 3 is 2.55 bits per heavy atom. The summed E-state index contributed by atoms with van der Waals surface area (Å²) in [6, 6.07) is 9.85. The first-order valence-electron chi connectivity index (χ1n) is 7.54. The van der Waals surface area contributed by atoms with Gasteiger partial charge < -0.3 is 10.6 Å². The molecular formula is C18H23N3O. The number of benzene rings is 1. The summed E-state index contributed by atoms with van der Waals surface area (Å²) in [7, 11) is 0. The fourth-order valence-corrected chi connectivity index (χ4v) is 2.10. The molecule has 2 aromatic rings. The molecule has 1 aromatic carbocycles.